The average molecular weight is 471 g/mol. The van der Waals surface area contributed by atoms with Crippen molar-refractivity contribution in [3.8, 4) is 0 Å². The summed E-state index contributed by atoms with van der Waals surface area (Å²) in [6.07, 6.45) is 3.45. The molecule has 1 nitrogen and oxygen atoms in total. The van der Waals surface area contributed by atoms with Gasteiger partial charge >= 0.3 is 0 Å². The second-order valence-electron chi connectivity index (χ2n) is 6.41. The van der Waals surface area contributed by atoms with Crippen LogP contribution < -0.4 is 29.0 Å². The van der Waals surface area contributed by atoms with Crippen molar-refractivity contribution in [2.75, 3.05) is 0 Å². The molecule has 0 aliphatic heterocycles. The molecule has 1 N–H and O–H groups in total. The molecule has 0 fully saturated rings. The number of rotatable bonds is 6. The van der Waals surface area contributed by atoms with Crippen molar-refractivity contribution in [3.63, 3.8) is 0 Å². The molecule has 4 aromatic rings. The molecular formula is C23H22INS. The number of thiazole rings is 1. The van der Waals surface area contributed by atoms with E-state index in [0.717, 1.165) is 12.8 Å². The zero-order chi connectivity index (χ0) is 16.9. The Morgan fingerprint density at radius 1 is 0.731 bits per heavy atom. The summed E-state index contributed by atoms with van der Waals surface area (Å²) in [5.74, 6) is 0.469. The number of nitrogens with one attached hydrogen (secondary N) is 1. The second-order valence-corrected chi connectivity index (χ2v) is 7.55. The van der Waals surface area contributed by atoms with Crippen LogP contribution in [0.5, 0.6) is 0 Å². The zero-order valence-electron chi connectivity index (χ0n) is 14.6. The normalized spacial score (nSPS) is 10.8. The molecule has 0 radical (unpaired) electrons. The Balaban J connectivity index is 0.00000196. The van der Waals surface area contributed by atoms with E-state index in [1.165, 1.54) is 32.8 Å². The number of hydrogen-bond acceptors (Lipinski definition) is 1. The Kier molecular flexibility index (Phi) is 6.80. The van der Waals surface area contributed by atoms with Crippen LogP contribution >= 0.6 is 11.3 Å². The summed E-state index contributed by atoms with van der Waals surface area (Å²) in [4.78, 5) is 3.57. The smallest absolute Gasteiger partial charge is 0.236 e. The van der Waals surface area contributed by atoms with Gasteiger partial charge < -0.3 is 24.0 Å². The molecule has 0 saturated heterocycles. The summed E-state index contributed by atoms with van der Waals surface area (Å²) in [5.41, 5.74) is 4.08. The van der Waals surface area contributed by atoms with Crippen molar-refractivity contribution in [3.05, 3.63) is 101 Å². The van der Waals surface area contributed by atoms with Crippen LogP contribution in [0.4, 0.5) is 0 Å². The molecule has 3 aromatic carbocycles. The number of aromatic amines is 1. The average Bonchev–Trinajstić information content (AvgIpc) is 3.09. The number of fused-ring (bicyclic) bond motifs is 1. The van der Waals surface area contributed by atoms with Crippen molar-refractivity contribution in [2.24, 2.45) is 0 Å². The predicted octanol–water partition coefficient (Wildman–Crippen LogP) is 2.87. The van der Waals surface area contributed by atoms with E-state index in [1.807, 2.05) is 11.3 Å². The molecule has 0 aliphatic rings. The zero-order valence-corrected chi connectivity index (χ0v) is 17.5. The Morgan fingerprint density at radius 3 is 1.92 bits per heavy atom. The molecule has 26 heavy (non-hydrogen) atoms. The number of aromatic nitrogens is 1. The fourth-order valence-electron chi connectivity index (χ4n) is 3.44. The van der Waals surface area contributed by atoms with Crippen LogP contribution in [0.2, 0.25) is 0 Å². The summed E-state index contributed by atoms with van der Waals surface area (Å²) in [7, 11) is 0. The maximum atomic E-state index is 3.57. The van der Waals surface area contributed by atoms with E-state index in [2.05, 4.69) is 89.9 Å². The molecule has 0 spiro atoms. The third-order valence-corrected chi connectivity index (χ3v) is 5.82. The van der Waals surface area contributed by atoms with Crippen molar-refractivity contribution in [1.82, 2.24) is 0 Å². The van der Waals surface area contributed by atoms with Crippen LogP contribution in [0.1, 0.15) is 34.9 Å². The topological polar surface area (TPSA) is 14.1 Å². The fourth-order valence-corrected chi connectivity index (χ4v) is 4.49. The van der Waals surface area contributed by atoms with Gasteiger partial charge in [-0.05, 0) is 30.0 Å². The maximum Gasteiger partial charge on any atom is 0.236 e. The van der Waals surface area contributed by atoms with Crippen molar-refractivity contribution >= 4 is 21.6 Å². The highest BCUT2D eigenvalue weighted by molar-refractivity contribution is 7.18. The monoisotopic (exact) mass is 471 g/mol. The predicted molar refractivity (Wildman–Crippen MR) is 106 cm³/mol. The lowest BCUT2D eigenvalue weighted by Crippen LogP contribution is -3.00. The maximum absolute atomic E-state index is 3.57. The van der Waals surface area contributed by atoms with Gasteiger partial charge in [-0.2, -0.15) is 4.98 Å². The first-order valence-electron chi connectivity index (χ1n) is 8.90. The molecule has 0 saturated carbocycles. The first-order valence-corrected chi connectivity index (χ1v) is 9.71. The van der Waals surface area contributed by atoms with Crippen molar-refractivity contribution < 1.29 is 29.0 Å². The molecule has 132 valence electrons. The Morgan fingerprint density at radius 2 is 1.31 bits per heavy atom. The van der Waals surface area contributed by atoms with E-state index in [9.17, 15) is 0 Å². The van der Waals surface area contributed by atoms with Gasteiger partial charge in [0, 0.05) is 18.4 Å². The second kappa shape index (κ2) is 9.28. The summed E-state index contributed by atoms with van der Waals surface area (Å²) in [5, 5.41) is 1.38. The van der Waals surface area contributed by atoms with Gasteiger partial charge in [-0.15, -0.1) is 0 Å². The van der Waals surface area contributed by atoms with Crippen LogP contribution in [-0.4, -0.2) is 0 Å². The molecule has 4 rings (SSSR count). The van der Waals surface area contributed by atoms with Gasteiger partial charge in [0.05, 0.1) is 0 Å². The van der Waals surface area contributed by atoms with Gasteiger partial charge in [-0.1, -0.05) is 84.1 Å². The summed E-state index contributed by atoms with van der Waals surface area (Å²) in [6, 6.07) is 30.3. The third kappa shape index (κ3) is 4.51. The summed E-state index contributed by atoms with van der Waals surface area (Å²) >= 11 is 1.89. The van der Waals surface area contributed by atoms with E-state index >= 15 is 0 Å². The number of benzene rings is 3. The lowest BCUT2D eigenvalue weighted by molar-refractivity contribution is -0.350. The third-order valence-electron chi connectivity index (χ3n) is 4.69. The van der Waals surface area contributed by atoms with Gasteiger partial charge in [0.1, 0.15) is 4.70 Å². The minimum absolute atomic E-state index is 0. The lowest BCUT2D eigenvalue weighted by Gasteiger charge is -2.17. The quantitative estimate of drug-likeness (QED) is 0.384. The van der Waals surface area contributed by atoms with Gasteiger partial charge in [0.25, 0.3) is 0 Å². The highest BCUT2D eigenvalue weighted by Crippen LogP contribution is 2.30. The van der Waals surface area contributed by atoms with Gasteiger partial charge in [-0.25, -0.2) is 0 Å². The summed E-state index contributed by atoms with van der Waals surface area (Å²) in [6.45, 7) is 0. The molecule has 1 heterocycles. The van der Waals surface area contributed by atoms with Crippen LogP contribution in [-0.2, 0) is 6.42 Å². The van der Waals surface area contributed by atoms with Crippen LogP contribution in [0.3, 0.4) is 0 Å². The molecule has 0 atom stereocenters. The van der Waals surface area contributed by atoms with Crippen molar-refractivity contribution in [1.29, 1.82) is 0 Å². The molecule has 0 unspecified atom stereocenters. The number of halogens is 1. The first-order chi connectivity index (χ1) is 12.4. The Bertz CT molecular complexity index is 862. The minimum atomic E-state index is 0. The van der Waals surface area contributed by atoms with Crippen LogP contribution in [0, 0.1) is 0 Å². The molecule has 1 aromatic heterocycles. The minimum Gasteiger partial charge on any atom is -1.00 e. The largest absolute Gasteiger partial charge is 1.00 e. The SMILES string of the molecule is [I-].c1ccc(C(CCCc2[nH+]c3ccccc3s2)c2ccccc2)cc1. The number of H-pyrrole nitrogens is 1. The molecule has 0 amide bonds. The lowest BCUT2D eigenvalue weighted by atomic mass is 9.87. The van der Waals surface area contributed by atoms with Gasteiger partial charge in [-0.3, -0.25) is 0 Å². The van der Waals surface area contributed by atoms with Gasteiger partial charge in [0.2, 0.25) is 10.5 Å². The fraction of sp³-hybridized carbons (Fsp3) is 0.174. The number of para-hydroxylation sites is 1. The van der Waals surface area contributed by atoms with E-state index in [4.69, 9.17) is 0 Å². The Hall–Kier alpha value is -1.72. The highest BCUT2D eigenvalue weighted by Gasteiger charge is 2.15. The van der Waals surface area contributed by atoms with E-state index < -0.39 is 0 Å². The summed E-state index contributed by atoms with van der Waals surface area (Å²) < 4.78 is 1.35. The van der Waals surface area contributed by atoms with E-state index in [-0.39, 0.29) is 24.0 Å². The van der Waals surface area contributed by atoms with Crippen LogP contribution in [0.15, 0.2) is 84.9 Å². The first kappa shape index (κ1) is 19.1. The van der Waals surface area contributed by atoms with E-state index in [0.29, 0.717) is 5.92 Å². The standard InChI is InChI=1S/C23H21NS.HI/c1-3-10-18(11-4-1)20(19-12-5-2-6-13-19)14-9-17-23-24-21-15-7-8-16-22(21)25-23;/h1-8,10-13,15-16,20H,9,14,17H2;1H. The van der Waals surface area contributed by atoms with E-state index in [1.54, 1.807) is 0 Å². The molecule has 3 heteroatoms. The van der Waals surface area contributed by atoms with Crippen molar-refractivity contribution in [2.45, 2.75) is 25.2 Å². The highest BCUT2D eigenvalue weighted by atomic mass is 127. The Labute approximate surface area is 176 Å². The molecule has 0 aliphatic carbocycles. The number of aryl methyl sites for hydroxylation is 1. The number of hydrogen-bond donors (Lipinski definition) is 0. The van der Waals surface area contributed by atoms with Crippen LogP contribution in [0.25, 0.3) is 10.2 Å². The van der Waals surface area contributed by atoms with Gasteiger partial charge in [0.15, 0.2) is 0 Å². The molecular weight excluding hydrogens is 449 g/mol. The molecule has 0 bridgehead atoms.